The van der Waals surface area contributed by atoms with Gasteiger partial charge in [0.15, 0.2) is 0 Å². The molecule has 6 rings (SSSR count). The first-order valence-corrected chi connectivity index (χ1v) is 13.1. The topological polar surface area (TPSA) is 0 Å². The number of benzene rings is 4. The average Bonchev–Trinajstić information content (AvgIpc) is 3.44. The van der Waals surface area contributed by atoms with E-state index in [1.165, 1.54) is 75.8 Å². The summed E-state index contributed by atoms with van der Waals surface area (Å²) in [4.78, 5) is 0. The first kappa shape index (κ1) is 21.4. The lowest BCUT2D eigenvalue weighted by Gasteiger charge is -2.27. The molecule has 2 aliphatic rings. The van der Waals surface area contributed by atoms with Gasteiger partial charge in [0.05, 0.1) is 0 Å². The van der Waals surface area contributed by atoms with Crippen LogP contribution in [0.15, 0.2) is 78.9 Å². The van der Waals surface area contributed by atoms with Gasteiger partial charge in [-0.2, -0.15) is 0 Å². The van der Waals surface area contributed by atoms with Crippen LogP contribution in [0.3, 0.4) is 0 Å². The predicted octanol–water partition coefficient (Wildman–Crippen LogP) is 9.43. The van der Waals surface area contributed by atoms with E-state index in [0.717, 1.165) is 12.8 Å². The van der Waals surface area contributed by atoms with Crippen molar-refractivity contribution in [3.8, 4) is 33.4 Å². The fourth-order valence-corrected chi connectivity index (χ4v) is 6.80. The molecule has 1 saturated carbocycles. The van der Waals surface area contributed by atoms with Crippen LogP contribution < -0.4 is 0 Å². The van der Waals surface area contributed by atoms with Gasteiger partial charge in [-0.15, -0.1) is 0 Å². The van der Waals surface area contributed by atoms with Gasteiger partial charge in [-0.3, -0.25) is 0 Å². The van der Waals surface area contributed by atoms with Gasteiger partial charge in [0.25, 0.3) is 0 Å². The molecule has 4 aromatic rings. The Morgan fingerprint density at radius 2 is 1.32 bits per heavy atom. The van der Waals surface area contributed by atoms with Crippen LogP contribution in [0.1, 0.15) is 66.8 Å². The minimum absolute atomic E-state index is 0.214. The normalized spacial score (nSPS) is 15.5. The molecule has 0 heteroatoms. The molecular formula is C34H34. The van der Waals surface area contributed by atoms with E-state index in [0.29, 0.717) is 0 Å². The molecule has 0 radical (unpaired) electrons. The van der Waals surface area contributed by atoms with Crippen molar-refractivity contribution in [2.45, 2.75) is 64.7 Å². The summed E-state index contributed by atoms with van der Waals surface area (Å²) in [6.45, 7) is 6.77. The van der Waals surface area contributed by atoms with Crippen molar-refractivity contribution in [2.24, 2.45) is 0 Å². The standard InChI is InChI=1S/C34H34/c1-4-10-28-27(13-9-14-29(28)26-12-6-5-11-24(26)3)25-16-18-31-30-17-15-23(2)21-32(30)34(33(31)22-25)19-7-8-20-34/h5-6,9,11-18,21-22H,4,7-8,10,19-20H2,1-3H3. The highest BCUT2D eigenvalue weighted by molar-refractivity contribution is 5.86. The fourth-order valence-electron chi connectivity index (χ4n) is 6.80. The number of aryl methyl sites for hydroxylation is 2. The van der Waals surface area contributed by atoms with Crippen molar-refractivity contribution in [1.29, 1.82) is 0 Å². The van der Waals surface area contributed by atoms with Gasteiger partial charge >= 0.3 is 0 Å². The van der Waals surface area contributed by atoms with Crippen LogP contribution in [-0.4, -0.2) is 0 Å². The lowest BCUT2D eigenvalue weighted by Crippen LogP contribution is -2.20. The highest BCUT2D eigenvalue weighted by atomic mass is 14.5. The van der Waals surface area contributed by atoms with E-state index in [-0.39, 0.29) is 5.41 Å². The molecule has 34 heavy (non-hydrogen) atoms. The molecule has 0 unspecified atom stereocenters. The summed E-state index contributed by atoms with van der Waals surface area (Å²) in [5.41, 5.74) is 16.1. The molecule has 0 aliphatic heterocycles. The zero-order chi connectivity index (χ0) is 23.3. The Hall–Kier alpha value is -3.12. The largest absolute Gasteiger partial charge is 0.0651 e. The molecule has 0 nitrogen and oxygen atoms in total. The van der Waals surface area contributed by atoms with Gasteiger partial charge in [0.1, 0.15) is 0 Å². The highest BCUT2D eigenvalue weighted by Gasteiger charge is 2.45. The lowest BCUT2D eigenvalue weighted by molar-refractivity contribution is 0.549. The Labute approximate surface area is 204 Å². The van der Waals surface area contributed by atoms with Gasteiger partial charge < -0.3 is 0 Å². The molecule has 0 amide bonds. The molecule has 0 bridgehead atoms. The van der Waals surface area contributed by atoms with Crippen molar-refractivity contribution in [3.63, 3.8) is 0 Å². The van der Waals surface area contributed by atoms with Crippen LogP contribution in [-0.2, 0) is 11.8 Å². The molecule has 0 aromatic heterocycles. The number of fused-ring (bicyclic) bond motifs is 5. The van der Waals surface area contributed by atoms with Crippen molar-refractivity contribution >= 4 is 0 Å². The van der Waals surface area contributed by atoms with Crippen molar-refractivity contribution < 1.29 is 0 Å². The van der Waals surface area contributed by atoms with Crippen molar-refractivity contribution in [3.05, 3.63) is 107 Å². The minimum Gasteiger partial charge on any atom is -0.0651 e. The predicted molar refractivity (Wildman–Crippen MR) is 145 cm³/mol. The Balaban J connectivity index is 1.55. The minimum atomic E-state index is 0.214. The molecule has 170 valence electrons. The highest BCUT2D eigenvalue weighted by Crippen LogP contribution is 2.57. The van der Waals surface area contributed by atoms with E-state index >= 15 is 0 Å². The Bertz CT molecular complexity index is 1380. The van der Waals surface area contributed by atoms with E-state index in [1.807, 2.05) is 0 Å². The second kappa shape index (κ2) is 8.27. The molecule has 0 saturated heterocycles. The van der Waals surface area contributed by atoms with E-state index < -0.39 is 0 Å². The number of rotatable bonds is 4. The fraction of sp³-hybridized carbons (Fsp3) is 0.294. The van der Waals surface area contributed by atoms with E-state index in [9.17, 15) is 0 Å². The quantitative estimate of drug-likeness (QED) is 0.295. The van der Waals surface area contributed by atoms with Gasteiger partial charge in [0, 0.05) is 5.41 Å². The zero-order valence-electron chi connectivity index (χ0n) is 20.7. The molecule has 1 spiro atoms. The smallest absolute Gasteiger partial charge is 0.0215 e. The summed E-state index contributed by atoms with van der Waals surface area (Å²) in [5.74, 6) is 0. The van der Waals surface area contributed by atoms with Crippen LogP contribution in [0, 0.1) is 13.8 Å². The lowest BCUT2D eigenvalue weighted by atomic mass is 9.75. The maximum Gasteiger partial charge on any atom is 0.0215 e. The molecule has 0 N–H and O–H groups in total. The monoisotopic (exact) mass is 442 g/mol. The third kappa shape index (κ3) is 3.19. The van der Waals surface area contributed by atoms with Crippen LogP contribution in [0.4, 0.5) is 0 Å². The van der Waals surface area contributed by atoms with Crippen LogP contribution in [0.25, 0.3) is 33.4 Å². The molecule has 1 fully saturated rings. The molecule has 2 aliphatic carbocycles. The van der Waals surface area contributed by atoms with Gasteiger partial charge in [0.2, 0.25) is 0 Å². The van der Waals surface area contributed by atoms with E-state index in [2.05, 4.69) is 99.6 Å². The maximum atomic E-state index is 2.56. The molecular weight excluding hydrogens is 408 g/mol. The summed E-state index contributed by atoms with van der Waals surface area (Å²) in [7, 11) is 0. The van der Waals surface area contributed by atoms with Crippen molar-refractivity contribution in [2.75, 3.05) is 0 Å². The Morgan fingerprint density at radius 3 is 2.09 bits per heavy atom. The first-order valence-electron chi connectivity index (χ1n) is 13.1. The number of hydrogen-bond donors (Lipinski definition) is 0. The van der Waals surface area contributed by atoms with Crippen LogP contribution in [0.5, 0.6) is 0 Å². The molecule has 4 aromatic carbocycles. The van der Waals surface area contributed by atoms with Crippen LogP contribution >= 0.6 is 0 Å². The summed E-state index contributed by atoms with van der Waals surface area (Å²) >= 11 is 0. The number of hydrogen-bond acceptors (Lipinski definition) is 0. The summed E-state index contributed by atoms with van der Waals surface area (Å²) in [6, 6.07) is 30.2. The summed E-state index contributed by atoms with van der Waals surface area (Å²) in [6.07, 6.45) is 7.48. The SMILES string of the molecule is CCCc1c(-c2ccc3c(c2)C2(CCCC2)c2cc(C)ccc2-3)cccc1-c1ccccc1C. The molecule has 0 heterocycles. The van der Waals surface area contributed by atoms with Crippen molar-refractivity contribution in [1.82, 2.24) is 0 Å². The summed E-state index contributed by atoms with van der Waals surface area (Å²) in [5, 5.41) is 0. The Kier molecular flexibility index (Phi) is 5.21. The second-order valence-corrected chi connectivity index (χ2v) is 10.5. The Morgan fingerprint density at radius 1 is 0.647 bits per heavy atom. The van der Waals surface area contributed by atoms with Gasteiger partial charge in [-0.1, -0.05) is 105 Å². The zero-order valence-corrected chi connectivity index (χ0v) is 20.7. The van der Waals surface area contributed by atoms with Gasteiger partial charge in [-0.05, 0) is 94.8 Å². The van der Waals surface area contributed by atoms with E-state index in [1.54, 1.807) is 11.1 Å². The third-order valence-electron chi connectivity index (χ3n) is 8.40. The maximum absolute atomic E-state index is 2.56. The summed E-state index contributed by atoms with van der Waals surface area (Å²) < 4.78 is 0. The third-order valence-corrected chi connectivity index (χ3v) is 8.40. The molecule has 0 atom stereocenters. The van der Waals surface area contributed by atoms with E-state index in [4.69, 9.17) is 0 Å². The first-order chi connectivity index (χ1) is 16.6. The second-order valence-electron chi connectivity index (χ2n) is 10.5. The van der Waals surface area contributed by atoms with Gasteiger partial charge in [-0.25, -0.2) is 0 Å². The average molecular weight is 443 g/mol. The van der Waals surface area contributed by atoms with Crippen LogP contribution in [0.2, 0.25) is 0 Å².